The third-order valence-electron chi connectivity index (χ3n) is 4.42. The SMILES string of the molecule is COc1cc(CO)nc(N2C[C@@H](c3c(F)cc(OC)cc3P)CC2=O)c1. The van der Waals surface area contributed by atoms with Gasteiger partial charge in [-0.15, -0.1) is 9.24 Å². The summed E-state index contributed by atoms with van der Waals surface area (Å²) in [6.45, 7) is 0.0348. The molecule has 1 N–H and O–H groups in total. The van der Waals surface area contributed by atoms with Gasteiger partial charge in [-0.1, -0.05) is 0 Å². The molecule has 0 bridgehead atoms. The maximum absolute atomic E-state index is 14.6. The van der Waals surface area contributed by atoms with Crippen LogP contribution in [0.3, 0.4) is 0 Å². The lowest BCUT2D eigenvalue weighted by Gasteiger charge is -2.19. The van der Waals surface area contributed by atoms with Crippen LogP contribution in [0.5, 0.6) is 11.5 Å². The van der Waals surface area contributed by atoms with E-state index in [0.717, 1.165) is 0 Å². The number of aliphatic hydroxyl groups is 1. The van der Waals surface area contributed by atoms with Gasteiger partial charge in [0.2, 0.25) is 5.91 Å². The van der Waals surface area contributed by atoms with Crippen molar-refractivity contribution in [3.8, 4) is 11.5 Å². The van der Waals surface area contributed by atoms with Crippen molar-refractivity contribution in [3.63, 3.8) is 0 Å². The second-order valence-electron chi connectivity index (χ2n) is 6.03. The minimum absolute atomic E-state index is 0.153. The molecule has 1 aliphatic rings. The van der Waals surface area contributed by atoms with Crippen LogP contribution in [0.4, 0.5) is 10.2 Å². The molecule has 138 valence electrons. The molecule has 6 nitrogen and oxygen atoms in total. The fourth-order valence-electron chi connectivity index (χ4n) is 3.17. The summed E-state index contributed by atoms with van der Waals surface area (Å²) in [5, 5.41) is 10.0. The van der Waals surface area contributed by atoms with E-state index in [1.54, 1.807) is 18.2 Å². The van der Waals surface area contributed by atoms with Crippen LogP contribution in [0.15, 0.2) is 24.3 Å². The number of carbonyl (C=O) groups excluding carboxylic acids is 1. The molecule has 1 aliphatic heterocycles. The van der Waals surface area contributed by atoms with Gasteiger partial charge in [0, 0.05) is 42.6 Å². The molecule has 1 fully saturated rings. The van der Waals surface area contributed by atoms with Gasteiger partial charge < -0.3 is 14.6 Å². The number of anilines is 1. The Morgan fingerprint density at radius 3 is 2.58 bits per heavy atom. The summed E-state index contributed by atoms with van der Waals surface area (Å²) in [7, 11) is 5.48. The van der Waals surface area contributed by atoms with Crippen molar-refractivity contribution in [2.75, 3.05) is 25.7 Å². The van der Waals surface area contributed by atoms with Crippen LogP contribution in [0.25, 0.3) is 0 Å². The maximum atomic E-state index is 14.6. The van der Waals surface area contributed by atoms with Crippen LogP contribution in [0.1, 0.15) is 23.6 Å². The summed E-state index contributed by atoms with van der Waals surface area (Å²) in [6.07, 6.45) is 0.179. The second kappa shape index (κ2) is 7.56. The molecule has 1 saturated heterocycles. The molecule has 3 rings (SSSR count). The number of aliphatic hydroxyl groups excluding tert-OH is 1. The fraction of sp³-hybridized carbons (Fsp3) is 0.333. The summed E-state index contributed by atoms with van der Waals surface area (Å²) < 4.78 is 24.8. The number of aromatic nitrogens is 1. The summed E-state index contributed by atoms with van der Waals surface area (Å²) in [5.41, 5.74) is 0.884. The van der Waals surface area contributed by atoms with E-state index in [4.69, 9.17) is 9.47 Å². The van der Waals surface area contributed by atoms with Crippen LogP contribution in [0.2, 0.25) is 0 Å². The van der Waals surface area contributed by atoms with E-state index in [9.17, 15) is 14.3 Å². The molecular formula is C18H20FN2O4P. The number of rotatable bonds is 5. The Bertz CT molecular complexity index is 801. The summed E-state index contributed by atoms with van der Waals surface area (Å²) in [5.74, 6) is 0.465. The third-order valence-corrected chi connectivity index (χ3v) is 4.89. The average Bonchev–Trinajstić information content (AvgIpc) is 3.01. The molecule has 0 spiro atoms. The zero-order valence-electron chi connectivity index (χ0n) is 14.5. The number of amides is 1. The maximum Gasteiger partial charge on any atom is 0.228 e. The number of hydrogen-bond acceptors (Lipinski definition) is 5. The van der Waals surface area contributed by atoms with Gasteiger partial charge in [0.15, 0.2) is 0 Å². The molecule has 26 heavy (non-hydrogen) atoms. The van der Waals surface area contributed by atoms with E-state index in [1.165, 1.54) is 25.2 Å². The highest BCUT2D eigenvalue weighted by Crippen LogP contribution is 2.34. The van der Waals surface area contributed by atoms with Crippen LogP contribution < -0.4 is 19.7 Å². The number of nitrogens with zero attached hydrogens (tertiary/aromatic N) is 2. The van der Waals surface area contributed by atoms with Gasteiger partial charge in [-0.25, -0.2) is 9.37 Å². The molecule has 2 atom stereocenters. The van der Waals surface area contributed by atoms with Crippen molar-refractivity contribution in [1.82, 2.24) is 4.98 Å². The normalized spacial score (nSPS) is 16.9. The number of halogens is 1. The van der Waals surface area contributed by atoms with Gasteiger partial charge in [0.05, 0.1) is 26.5 Å². The molecule has 8 heteroatoms. The minimum atomic E-state index is -0.399. The van der Waals surface area contributed by atoms with Crippen molar-refractivity contribution in [2.24, 2.45) is 0 Å². The molecule has 1 unspecified atom stereocenters. The van der Waals surface area contributed by atoms with Crippen molar-refractivity contribution in [1.29, 1.82) is 0 Å². The molecule has 0 saturated carbocycles. The predicted octanol–water partition coefficient (Wildman–Crippen LogP) is 1.75. The first kappa shape index (κ1) is 18.5. The summed E-state index contributed by atoms with van der Waals surface area (Å²) in [6, 6.07) is 6.28. The van der Waals surface area contributed by atoms with E-state index in [2.05, 4.69) is 14.2 Å². The molecule has 1 aromatic heterocycles. The molecular weight excluding hydrogens is 358 g/mol. The number of carbonyl (C=O) groups is 1. The molecule has 2 heterocycles. The molecule has 1 aromatic carbocycles. The highest BCUT2D eigenvalue weighted by atomic mass is 31.0. The second-order valence-corrected chi connectivity index (χ2v) is 6.65. The largest absolute Gasteiger partial charge is 0.497 e. The molecule has 0 radical (unpaired) electrons. The first-order valence-electron chi connectivity index (χ1n) is 8.06. The Hall–Kier alpha value is -2.24. The van der Waals surface area contributed by atoms with Gasteiger partial charge in [0.25, 0.3) is 0 Å². The lowest BCUT2D eigenvalue weighted by Crippen LogP contribution is -2.26. The quantitative estimate of drug-likeness (QED) is 0.803. The van der Waals surface area contributed by atoms with Crippen LogP contribution in [0, 0.1) is 5.82 Å². The van der Waals surface area contributed by atoms with Gasteiger partial charge in [-0.3, -0.25) is 9.69 Å². The first-order chi connectivity index (χ1) is 12.5. The van der Waals surface area contributed by atoms with E-state index in [0.29, 0.717) is 40.4 Å². The fourth-order valence-corrected chi connectivity index (χ4v) is 3.70. The standard InChI is InChI=1S/C18H20FN2O4P/c1-24-12-4-11(9-22)20-16(7-12)21-8-10(3-17(21)23)18-14(19)5-13(25-2)6-15(18)26/h4-7,10,22H,3,8-9,26H2,1-2H3/t10-/m0/s1. The number of hydrogen-bond donors (Lipinski definition) is 1. The Morgan fingerprint density at radius 2 is 1.96 bits per heavy atom. The lowest BCUT2D eigenvalue weighted by atomic mass is 9.97. The molecule has 2 aromatic rings. The topological polar surface area (TPSA) is 71.9 Å². The number of ether oxygens (including phenoxy) is 2. The highest BCUT2D eigenvalue weighted by molar-refractivity contribution is 7.27. The number of methoxy groups -OCH3 is 2. The van der Waals surface area contributed by atoms with Crippen LogP contribution in [-0.4, -0.2) is 36.8 Å². The zero-order valence-corrected chi connectivity index (χ0v) is 15.7. The third kappa shape index (κ3) is 3.50. The predicted molar refractivity (Wildman–Crippen MR) is 98.7 cm³/mol. The van der Waals surface area contributed by atoms with E-state index in [1.807, 2.05) is 0 Å². The van der Waals surface area contributed by atoms with Gasteiger partial charge in [0.1, 0.15) is 23.1 Å². The monoisotopic (exact) mass is 378 g/mol. The lowest BCUT2D eigenvalue weighted by molar-refractivity contribution is -0.117. The van der Waals surface area contributed by atoms with Gasteiger partial charge in [-0.05, 0) is 11.4 Å². The summed E-state index contributed by atoms with van der Waals surface area (Å²) >= 11 is 0. The smallest absolute Gasteiger partial charge is 0.228 e. The Labute approximate surface area is 153 Å². The number of benzene rings is 1. The van der Waals surface area contributed by atoms with Crippen LogP contribution in [-0.2, 0) is 11.4 Å². The molecule has 0 aliphatic carbocycles. The Morgan fingerprint density at radius 1 is 1.27 bits per heavy atom. The highest BCUT2D eigenvalue weighted by Gasteiger charge is 2.35. The van der Waals surface area contributed by atoms with Gasteiger partial charge in [-0.2, -0.15) is 0 Å². The Kier molecular flexibility index (Phi) is 5.39. The van der Waals surface area contributed by atoms with Crippen molar-refractivity contribution in [3.05, 3.63) is 41.3 Å². The van der Waals surface area contributed by atoms with Crippen molar-refractivity contribution in [2.45, 2.75) is 18.9 Å². The first-order valence-corrected chi connectivity index (χ1v) is 8.63. The Balaban J connectivity index is 1.93. The van der Waals surface area contributed by atoms with E-state index >= 15 is 0 Å². The summed E-state index contributed by atoms with van der Waals surface area (Å²) in [4.78, 5) is 18.3. The molecule has 1 amide bonds. The van der Waals surface area contributed by atoms with Gasteiger partial charge >= 0.3 is 0 Å². The minimum Gasteiger partial charge on any atom is -0.497 e. The van der Waals surface area contributed by atoms with Crippen molar-refractivity contribution >= 4 is 26.3 Å². The van der Waals surface area contributed by atoms with Crippen molar-refractivity contribution < 1.29 is 23.8 Å². The van der Waals surface area contributed by atoms with E-state index < -0.39 is 5.82 Å². The van der Waals surface area contributed by atoms with E-state index in [-0.39, 0.29) is 24.9 Å². The van der Waals surface area contributed by atoms with Crippen LogP contribution >= 0.6 is 9.24 Å². The zero-order chi connectivity index (χ0) is 18.8. The number of pyridine rings is 1. The average molecular weight is 378 g/mol.